The summed E-state index contributed by atoms with van der Waals surface area (Å²) >= 11 is 0. The Hall–Kier alpha value is -1.26. The fraction of sp³-hybridized carbons (Fsp3) is 0.667. The predicted octanol–water partition coefficient (Wildman–Crippen LogP) is 3.23. The zero-order valence-electron chi connectivity index (χ0n) is 14.6. The highest BCUT2D eigenvalue weighted by Crippen LogP contribution is 2.44. The minimum atomic E-state index is -0.161. The number of rotatable bonds is 7. The zero-order valence-corrected chi connectivity index (χ0v) is 14.6. The highest BCUT2D eigenvalue weighted by molar-refractivity contribution is 5.48. The average molecular weight is 306 g/mol. The van der Waals surface area contributed by atoms with Crippen LogP contribution >= 0.6 is 0 Å². The fourth-order valence-corrected chi connectivity index (χ4v) is 2.86. The molecule has 124 valence electrons. The molecule has 0 fully saturated rings. The lowest BCUT2D eigenvalue weighted by Gasteiger charge is -2.39. The van der Waals surface area contributed by atoms with Crippen LogP contribution in [-0.4, -0.2) is 44.3 Å². The monoisotopic (exact) mass is 306 g/mol. The zero-order chi connectivity index (χ0) is 16.2. The van der Waals surface area contributed by atoms with E-state index in [9.17, 15) is 0 Å². The number of nitrogens with one attached hydrogen (secondary N) is 1. The molecule has 0 amide bonds. The maximum absolute atomic E-state index is 6.17. The number of benzene rings is 1. The van der Waals surface area contributed by atoms with E-state index in [1.807, 2.05) is 6.07 Å². The van der Waals surface area contributed by atoms with Crippen LogP contribution in [0.5, 0.6) is 11.5 Å². The lowest BCUT2D eigenvalue weighted by molar-refractivity contribution is 0.0641. The highest BCUT2D eigenvalue weighted by Gasteiger charge is 2.35. The van der Waals surface area contributed by atoms with Crippen LogP contribution in [0.4, 0.5) is 0 Å². The van der Waals surface area contributed by atoms with Crippen molar-refractivity contribution in [3.8, 4) is 11.5 Å². The summed E-state index contributed by atoms with van der Waals surface area (Å²) in [5.74, 6) is 1.91. The molecule has 22 heavy (non-hydrogen) atoms. The maximum Gasteiger partial charge on any atom is 0.128 e. The van der Waals surface area contributed by atoms with E-state index >= 15 is 0 Å². The first-order valence-electron chi connectivity index (χ1n) is 8.26. The molecule has 0 bridgehead atoms. The normalized spacial score (nSPS) is 19.6. The largest absolute Gasteiger partial charge is 0.493 e. The molecule has 1 aliphatic heterocycles. The van der Waals surface area contributed by atoms with Crippen molar-refractivity contribution in [3.05, 3.63) is 23.8 Å². The van der Waals surface area contributed by atoms with E-state index in [1.165, 1.54) is 5.56 Å². The molecule has 1 heterocycles. The van der Waals surface area contributed by atoms with E-state index in [-0.39, 0.29) is 11.6 Å². The van der Waals surface area contributed by atoms with Crippen molar-refractivity contribution in [3.63, 3.8) is 0 Å². The summed E-state index contributed by atoms with van der Waals surface area (Å²) < 4.78 is 12.1. The van der Waals surface area contributed by atoms with Crippen LogP contribution in [0.1, 0.15) is 45.2 Å². The molecule has 1 atom stereocenters. The van der Waals surface area contributed by atoms with Crippen molar-refractivity contribution < 1.29 is 9.47 Å². The van der Waals surface area contributed by atoms with Gasteiger partial charge in [0.15, 0.2) is 0 Å². The Balaban J connectivity index is 2.23. The number of nitrogens with zero attached hydrogens (tertiary/aromatic N) is 1. The third kappa shape index (κ3) is 4.37. The molecule has 0 saturated carbocycles. The summed E-state index contributed by atoms with van der Waals surface area (Å²) in [7, 11) is 4.19. The molecular formula is C18H30N2O2. The Bertz CT molecular complexity index is 486. The second-order valence-corrected chi connectivity index (χ2v) is 6.89. The molecule has 2 rings (SSSR count). The average Bonchev–Trinajstić information content (AvgIpc) is 2.43. The Morgan fingerprint density at radius 2 is 2.14 bits per heavy atom. The Labute approximate surface area is 134 Å². The van der Waals surface area contributed by atoms with Crippen LogP contribution in [0.15, 0.2) is 18.2 Å². The van der Waals surface area contributed by atoms with Crippen LogP contribution in [0.3, 0.4) is 0 Å². The topological polar surface area (TPSA) is 33.7 Å². The van der Waals surface area contributed by atoms with Gasteiger partial charge in [-0.1, -0.05) is 13.0 Å². The number of likely N-dealkylation sites (N-methyl/N-ethyl adjacent to an activating group) is 1. The summed E-state index contributed by atoms with van der Waals surface area (Å²) in [6.45, 7) is 9.14. The molecule has 1 aromatic carbocycles. The summed E-state index contributed by atoms with van der Waals surface area (Å²) in [6.07, 6.45) is 1.95. The van der Waals surface area contributed by atoms with Gasteiger partial charge in [0.1, 0.15) is 17.1 Å². The first-order chi connectivity index (χ1) is 10.4. The van der Waals surface area contributed by atoms with E-state index < -0.39 is 0 Å². The smallest absolute Gasteiger partial charge is 0.128 e. The summed E-state index contributed by atoms with van der Waals surface area (Å²) in [6, 6.07) is 6.39. The van der Waals surface area contributed by atoms with Crippen molar-refractivity contribution in [1.82, 2.24) is 10.2 Å². The highest BCUT2D eigenvalue weighted by atomic mass is 16.5. The Morgan fingerprint density at radius 3 is 2.82 bits per heavy atom. The summed E-state index contributed by atoms with van der Waals surface area (Å²) in [5.41, 5.74) is 1.01. The second-order valence-electron chi connectivity index (χ2n) is 6.89. The summed E-state index contributed by atoms with van der Waals surface area (Å²) in [4.78, 5) is 2.19. The number of fused-ring (bicyclic) bond motifs is 1. The lowest BCUT2D eigenvalue weighted by atomic mass is 9.89. The molecular weight excluding hydrogens is 276 g/mol. The minimum absolute atomic E-state index is 0.161. The Kier molecular flexibility index (Phi) is 5.70. The SMILES string of the molecule is CCCOc1cccc2c1C(NCCN(C)C)CC(C)(C)O2. The molecule has 1 aliphatic rings. The van der Waals surface area contributed by atoms with Crippen LogP contribution in [-0.2, 0) is 0 Å². The van der Waals surface area contributed by atoms with Gasteiger partial charge in [0.2, 0.25) is 0 Å². The van der Waals surface area contributed by atoms with Gasteiger partial charge in [-0.2, -0.15) is 0 Å². The molecule has 1 N–H and O–H groups in total. The molecule has 0 aliphatic carbocycles. The molecule has 0 aromatic heterocycles. The van der Waals surface area contributed by atoms with Gasteiger partial charge in [0.25, 0.3) is 0 Å². The van der Waals surface area contributed by atoms with Crippen LogP contribution < -0.4 is 14.8 Å². The van der Waals surface area contributed by atoms with Gasteiger partial charge < -0.3 is 19.7 Å². The van der Waals surface area contributed by atoms with Gasteiger partial charge in [-0.15, -0.1) is 0 Å². The molecule has 4 heteroatoms. The van der Waals surface area contributed by atoms with Crippen molar-refractivity contribution in [2.45, 2.75) is 45.3 Å². The van der Waals surface area contributed by atoms with Gasteiger partial charge in [-0.05, 0) is 46.5 Å². The quantitative estimate of drug-likeness (QED) is 0.838. The van der Waals surface area contributed by atoms with Gasteiger partial charge in [-0.3, -0.25) is 0 Å². The maximum atomic E-state index is 6.17. The molecule has 0 saturated heterocycles. The first-order valence-corrected chi connectivity index (χ1v) is 8.26. The van der Waals surface area contributed by atoms with E-state index in [1.54, 1.807) is 0 Å². The second kappa shape index (κ2) is 7.34. The molecule has 1 unspecified atom stereocenters. The standard InChI is InChI=1S/C18H30N2O2/c1-6-12-21-15-8-7-9-16-17(15)14(13-18(2,3)22-16)19-10-11-20(4)5/h7-9,14,19H,6,10-13H2,1-5H3. The molecule has 1 aromatic rings. The predicted molar refractivity (Wildman–Crippen MR) is 90.8 cm³/mol. The molecule has 0 radical (unpaired) electrons. The van der Waals surface area contributed by atoms with Crippen molar-refractivity contribution in [2.24, 2.45) is 0 Å². The first kappa shape index (κ1) is 17.1. The van der Waals surface area contributed by atoms with E-state index in [2.05, 4.69) is 57.2 Å². The summed E-state index contributed by atoms with van der Waals surface area (Å²) in [5, 5.41) is 3.68. The fourth-order valence-electron chi connectivity index (χ4n) is 2.86. The van der Waals surface area contributed by atoms with Crippen molar-refractivity contribution >= 4 is 0 Å². The van der Waals surface area contributed by atoms with Gasteiger partial charge in [0, 0.05) is 25.6 Å². The van der Waals surface area contributed by atoms with E-state index in [0.717, 1.165) is 44.0 Å². The van der Waals surface area contributed by atoms with Crippen LogP contribution in [0, 0.1) is 0 Å². The van der Waals surface area contributed by atoms with Gasteiger partial charge in [-0.25, -0.2) is 0 Å². The van der Waals surface area contributed by atoms with Gasteiger partial charge >= 0.3 is 0 Å². The van der Waals surface area contributed by atoms with Gasteiger partial charge in [0.05, 0.1) is 12.2 Å². The minimum Gasteiger partial charge on any atom is -0.493 e. The van der Waals surface area contributed by atoms with Crippen LogP contribution in [0.25, 0.3) is 0 Å². The van der Waals surface area contributed by atoms with E-state index in [4.69, 9.17) is 9.47 Å². The van der Waals surface area contributed by atoms with Crippen LogP contribution in [0.2, 0.25) is 0 Å². The van der Waals surface area contributed by atoms with E-state index in [0.29, 0.717) is 0 Å². The lowest BCUT2D eigenvalue weighted by Crippen LogP contribution is -2.41. The van der Waals surface area contributed by atoms with Crippen molar-refractivity contribution in [2.75, 3.05) is 33.8 Å². The number of hydrogen-bond acceptors (Lipinski definition) is 4. The molecule has 0 spiro atoms. The Morgan fingerprint density at radius 1 is 1.36 bits per heavy atom. The van der Waals surface area contributed by atoms with Crippen molar-refractivity contribution in [1.29, 1.82) is 0 Å². The molecule has 4 nitrogen and oxygen atoms in total. The number of ether oxygens (including phenoxy) is 2. The third-order valence-corrected chi connectivity index (χ3v) is 3.87. The number of hydrogen-bond donors (Lipinski definition) is 1. The third-order valence-electron chi connectivity index (χ3n) is 3.87.